The van der Waals surface area contributed by atoms with Crippen molar-refractivity contribution in [1.29, 1.82) is 5.26 Å². The number of piperazine rings is 1. The Morgan fingerprint density at radius 2 is 2.03 bits per heavy atom. The van der Waals surface area contributed by atoms with Gasteiger partial charge >= 0.3 is 5.97 Å². The van der Waals surface area contributed by atoms with Crippen molar-refractivity contribution >= 4 is 35.8 Å². The number of hydrogen-bond donors (Lipinski definition) is 1. The Balaban J connectivity index is 0.000000215. The van der Waals surface area contributed by atoms with E-state index in [4.69, 9.17) is 10.00 Å². The van der Waals surface area contributed by atoms with E-state index in [0.29, 0.717) is 35.8 Å². The van der Waals surface area contributed by atoms with Gasteiger partial charge in [0.25, 0.3) is 0 Å². The summed E-state index contributed by atoms with van der Waals surface area (Å²) in [6.07, 6.45) is 3.38. The van der Waals surface area contributed by atoms with Crippen molar-refractivity contribution in [3.63, 3.8) is 0 Å². The lowest BCUT2D eigenvalue weighted by Crippen LogP contribution is -2.44. The maximum Gasteiger partial charge on any atom is 0.311 e. The molecule has 39 heavy (non-hydrogen) atoms. The molecule has 1 aromatic carbocycles. The fourth-order valence-electron chi connectivity index (χ4n) is 4.27. The van der Waals surface area contributed by atoms with E-state index in [9.17, 15) is 9.59 Å². The van der Waals surface area contributed by atoms with Gasteiger partial charge in [0.05, 0.1) is 18.7 Å². The predicted molar refractivity (Wildman–Crippen MR) is 150 cm³/mol. The summed E-state index contributed by atoms with van der Waals surface area (Å²) in [5, 5.41) is 12.5. The highest BCUT2D eigenvalue weighted by atomic mass is 32.2. The van der Waals surface area contributed by atoms with E-state index in [1.54, 1.807) is 31.3 Å². The Kier molecular flexibility index (Phi) is 9.83. The molecule has 11 heteroatoms. The minimum atomic E-state index is -0.366. The largest absolute Gasteiger partial charge is 0.466 e. The summed E-state index contributed by atoms with van der Waals surface area (Å²) < 4.78 is 7.14. The molecule has 4 heterocycles. The van der Waals surface area contributed by atoms with Crippen LogP contribution in [0.1, 0.15) is 39.9 Å². The third-order valence-electron chi connectivity index (χ3n) is 6.17. The van der Waals surface area contributed by atoms with E-state index in [0.717, 1.165) is 44.8 Å². The molecular formula is C28H31N7O3S. The number of carbonyl (C=O) groups excluding carboxylic acids is 2. The number of nitrogens with zero attached hydrogens (tertiary/aromatic N) is 6. The van der Waals surface area contributed by atoms with E-state index < -0.39 is 0 Å². The second kappa shape index (κ2) is 13.7. The van der Waals surface area contributed by atoms with Crippen LogP contribution in [0.5, 0.6) is 0 Å². The number of hydrogen-bond acceptors (Lipinski definition) is 11. The lowest BCUT2D eigenvalue weighted by atomic mass is 10.1. The predicted octanol–water partition coefficient (Wildman–Crippen LogP) is 3.45. The van der Waals surface area contributed by atoms with Crippen LogP contribution in [0.2, 0.25) is 0 Å². The molecule has 2 aliphatic rings. The second-order valence-corrected chi connectivity index (χ2v) is 10.1. The van der Waals surface area contributed by atoms with E-state index in [1.165, 1.54) is 16.1 Å². The SMILES string of the molecule is CCOC(=O)Cc1ncccc1C=O.Cc1cc(C#N)nc(N2CCN(Sc3ccc4c(c3)CCN4)CC2)n1. The molecule has 2 aromatic heterocycles. The fourth-order valence-corrected chi connectivity index (χ4v) is 5.24. The van der Waals surface area contributed by atoms with Gasteiger partial charge in [-0.1, -0.05) is 0 Å². The van der Waals surface area contributed by atoms with Crippen molar-refractivity contribution in [2.24, 2.45) is 0 Å². The van der Waals surface area contributed by atoms with Gasteiger partial charge in [-0.25, -0.2) is 14.3 Å². The number of carbonyl (C=O) groups is 2. The average molecular weight is 546 g/mol. The quantitative estimate of drug-likeness (QED) is 0.267. The summed E-state index contributed by atoms with van der Waals surface area (Å²) in [5.74, 6) is 0.305. The maximum absolute atomic E-state index is 11.1. The molecule has 0 amide bonds. The zero-order valence-corrected chi connectivity index (χ0v) is 22.9. The highest BCUT2D eigenvalue weighted by molar-refractivity contribution is 7.97. The molecule has 0 aliphatic carbocycles. The van der Waals surface area contributed by atoms with E-state index >= 15 is 0 Å². The molecule has 5 rings (SSSR count). The molecule has 0 spiro atoms. The monoisotopic (exact) mass is 545 g/mol. The van der Waals surface area contributed by atoms with Crippen LogP contribution in [0.25, 0.3) is 0 Å². The lowest BCUT2D eigenvalue weighted by Gasteiger charge is -2.34. The smallest absolute Gasteiger partial charge is 0.311 e. The molecule has 0 unspecified atom stereocenters. The number of ether oxygens (including phenoxy) is 1. The van der Waals surface area contributed by atoms with Gasteiger partial charge in [0.1, 0.15) is 11.8 Å². The Hall–Kier alpha value is -4.01. The number of rotatable bonds is 7. The summed E-state index contributed by atoms with van der Waals surface area (Å²) in [4.78, 5) is 37.9. The minimum Gasteiger partial charge on any atom is -0.466 e. The molecule has 0 saturated carbocycles. The number of aldehydes is 1. The molecule has 1 saturated heterocycles. The highest BCUT2D eigenvalue weighted by Crippen LogP contribution is 2.30. The summed E-state index contributed by atoms with van der Waals surface area (Å²) in [6.45, 7) is 8.64. The van der Waals surface area contributed by atoms with Crippen molar-refractivity contribution in [3.05, 3.63) is 70.8 Å². The number of nitrogens with one attached hydrogen (secondary N) is 1. The molecule has 3 aromatic rings. The van der Waals surface area contributed by atoms with Gasteiger partial charge in [-0.3, -0.25) is 14.6 Å². The molecule has 0 bridgehead atoms. The van der Waals surface area contributed by atoms with Crippen LogP contribution < -0.4 is 10.2 Å². The van der Waals surface area contributed by atoms with E-state index in [-0.39, 0.29) is 12.4 Å². The van der Waals surface area contributed by atoms with Crippen LogP contribution in [0, 0.1) is 18.3 Å². The van der Waals surface area contributed by atoms with Gasteiger partial charge < -0.3 is 15.0 Å². The number of anilines is 2. The maximum atomic E-state index is 11.1. The number of fused-ring (bicyclic) bond motifs is 1. The zero-order chi connectivity index (χ0) is 27.6. The van der Waals surface area contributed by atoms with Gasteiger partial charge in [-0.2, -0.15) is 5.26 Å². The van der Waals surface area contributed by atoms with Crippen LogP contribution in [-0.2, 0) is 22.4 Å². The summed E-state index contributed by atoms with van der Waals surface area (Å²) in [5.41, 5.74) is 4.86. The summed E-state index contributed by atoms with van der Waals surface area (Å²) >= 11 is 1.82. The van der Waals surface area contributed by atoms with Crippen molar-refractivity contribution in [1.82, 2.24) is 19.3 Å². The molecule has 0 radical (unpaired) electrons. The second-order valence-electron chi connectivity index (χ2n) is 8.95. The minimum absolute atomic E-state index is 0.0444. The van der Waals surface area contributed by atoms with E-state index in [1.807, 2.05) is 18.9 Å². The van der Waals surface area contributed by atoms with Crippen molar-refractivity contribution in [3.8, 4) is 6.07 Å². The van der Waals surface area contributed by atoms with Crippen LogP contribution >= 0.6 is 11.9 Å². The Bertz CT molecular complexity index is 1350. The molecule has 1 N–H and O–H groups in total. The van der Waals surface area contributed by atoms with Crippen LogP contribution in [0.15, 0.2) is 47.5 Å². The van der Waals surface area contributed by atoms with Crippen LogP contribution in [-0.4, -0.2) is 70.8 Å². The number of nitriles is 1. The summed E-state index contributed by atoms with van der Waals surface area (Å²) in [6, 6.07) is 13.8. The molecule has 10 nitrogen and oxygen atoms in total. The zero-order valence-electron chi connectivity index (χ0n) is 22.1. The Labute approximate surface area is 232 Å². The van der Waals surface area contributed by atoms with Gasteiger partial charge in [-0.05, 0) is 74.2 Å². The number of benzene rings is 1. The molecule has 2 aliphatic heterocycles. The summed E-state index contributed by atoms with van der Waals surface area (Å²) in [7, 11) is 0. The lowest BCUT2D eigenvalue weighted by molar-refractivity contribution is -0.142. The Morgan fingerprint density at radius 3 is 2.77 bits per heavy atom. The van der Waals surface area contributed by atoms with E-state index in [2.05, 4.69) is 53.7 Å². The van der Waals surface area contributed by atoms with Gasteiger partial charge in [0.15, 0.2) is 6.29 Å². The average Bonchev–Trinajstić information content (AvgIpc) is 3.42. The number of aromatic nitrogens is 3. The number of aryl methyl sites for hydroxylation is 1. The first-order chi connectivity index (χ1) is 19.0. The third-order valence-corrected chi connectivity index (χ3v) is 7.26. The molecular weight excluding hydrogens is 514 g/mol. The number of pyridine rings is 1. The first-order valence-electron chi connectivity index (χ1n) is 12.8. The molecule has 0 atom stereocenters. The topological polar surface area (TPSA) is 124 Å². The number of esters is 1. The normalized spacial score (nSPS) is 14.3. The highest BCUT2D eigenvalue weighted by Gasteiger charge is 2.21. The molecule has 1 fully saturated rings. The van der Waals surface area contributed by atoms with Crippen molar-refractivity contribution < 1.29 is 14.3 Å². The third kappa shape index (κ3) is 7.75. The van der Waals surface area contributed by atoms with Gasteiger partial charge in [0.2, 0.25) is 5.95 Å². The Morgan fingerprint density at radius 1 is 1.21 bits per heavy atom. The van der Waals surface area contributed by atoms with Gasteiger partial charge in [-0.15, -0.1) is 0 Å². The molecule has 202 valence electrons. The first kappa shape index (κ1) is 28.0. The fraction of sp³-hybridized carbons (Fsp3) is 0.357. The van der Waals surface area contributed by atoms with Crippen molar-refractivity contribution in [2.45, 2.75) is 31.6 Å². The van der Waals surface area contributed by atoms with Crippen LogP contribution in [0.4, 0.5) is 11.6 Å². The van der Waals surface area contributed by atoms with Crippen molar-refractivity contribution in [2.75, 3.05) is 49.5 Å². The first-order valence-corrected chi connectivity index (χ1v) is 13.6. The standard InChI is InChI=1S/C18H20N6S.C10H11NO3/c1-13-10-15(12-19)22-18(21-13)23-6-8-24(9-7-23)25-16-2-3-17-14(11-16)4-5-20-17;1-2-14-10(13)6-9-8(7-12)4-3-5-11-9/h2-3,10-11,20H,4-9H2,1H3;3-5,7H,2,6H2,1H3. The van der Waals surface area contributed by atoms with Gasteiger partial charge in [0, 0.05) is 60.8 Å². The van der Waals surface area contributed by atoms with Crippen LogP contribution in [0.3, 0.4) is 0 Å².